The monoisotopic (exact) mass is 237 g/mol. The lowest BCUT2D eigenvalue weighted by molar-refractivity contribution is 0.628. The van der Waals surface area contributed by atoms with Crippen molar-refractivity contribution in [3.8, 4) is 17.2 Å². The largest absolute Gasteiger partial charge is 0.207 e. The van der Waals surface area contributed by atoms with Crippen LogP contribution in [0.1, 0.15) is 18.4 Å². The Hall–Kier alpha value is -2.14. The predicted molar refractivity (Wildman–Crippen MR) is 68.4 cm³/mol. The Kier molecular flexibility index (Phi) is 2.41. The highest BCUT2D eigenvalue weighted by Crippen LogP contribution is 2.48. The highest BCUT2D eigenvalue weighted by atomic mass is 19.1. The Balaban J connectivity index is 2.02. The lowest BCUT2D eigenvalue weighted by Gasteiger charge is -2.09. The minimum atomic E-state index is -0.268. The van der Waals surface area contributed by atoms with Crippen LogP contribution in [-0.2, 0) is 5.41 Å². The molecule has 0 aromatic heterocycles. The fourth-order valence-electron chi connectivity index (χ4n) is 2.23. The number of nitrogens with zero attached hydrogens (tertiary/aromatic N) is 1. The summed E-state index contributed by atoms with van der Waals surface area (Å²) in [6.45, 7) is 0. The first kappa shape index (κ1) is 11.0. The maximum atomic E-state index is 12.9. The molecule has 3 rings (SSSR count). The molecule has 0 amide bonds. The van der Waals surface area contributed by atoms with Gasteiger partial charge in [0.15, 0.2) is 0 Å². The first-order chi connectivity index (χ1) is 8.73. The van der Waals surface area contributed by atoms with E-state index in [1.807, 2.05) is 24.3 Å². The van der Waals surface area contributed by atoms with Crippen LogP contribution in [-0.4, -0.2) is 0 Å². The van der Waals surface area contributed by atoms with E-state index in [4.69, 9.17) is 0 Å². The standard InChI is InChI=1S/C16H12FN/c17-15-6-4-12(5-7-15)13-2-1-3-14(10-13)16(11-18)8-9-16/h1-7,10H,8-9H2. The molecule has 0 bridgehead atoms. The van der Waals surface area contributed by atoms with Gasteiger partial charge in [-0.1, -0.05) is 30.3 Å². The first-order valence-corrected chi connectivity index (χ1v) is 6.01. The third-order valence-corrected chi connectivity index (χ3v) is 3.56. The van der Waals surface area contributed by atoms with E-state index in [1.165, 1.54) is 12.1 Å². The van der Waals surface area contributed by atoms with Gasteiger partial charge in [-0.3, -0.25) is 0 Å². The number of rotatable bonds is 2. The average molecular weight is 237 g/mol. The molecule has 1 aliphatic carbocycles. The van der Waals surface area contributed by atoms with Gasteiger partial charge in [0.05, 0.1) is 11.5 Å². The molecule has 1 aliphatic rings. The fourth-order valence-corrected chi connectivity index (χ4v) is 2.23. The molecule has 2 heteroatoms. The van der Waals surface area contributed by atoms with Gasteiger partial charge in [-0.05, 0) is 47.7 Å². The summed E-state index contributed by atoms with van der Waals surface area (Å²) in [5, 5.41) is 9.21. The molecule has 0 heterocycles. The van der Waals surface area contributed by atoms with E-state index >= 15 is 0 Å². The molecule has 88 valence electrons. The van der Waals surface area contributed by atoms with Crippen LogP contribution in [0.4, 0.5) is 4.39 Å². The van der Waals surface area contributed by atoms with Crippen LogP contribution in [0.5, 0.6) is 0 Å². The second-order valence-electron chi connectivity index (χ2n) is 4.78. The van der Waals surface area contributed by atoms with Gasteiger partial charge in [-0.15, -0.1) is 0 Å². The molecular weight excluding hydrogens is 225 g/mol. The molecule has 1 fully saturated rings. The normalized spacial score (nSPS) is 16.0. The van der Waals surface area contributed by atoms with E-state index in [0.717, 1.165) is 29.5 Å². The highest BCUT2D eigenvalue weighted by Gasteiger charge is 2.44. The smallest absolute Gasteiger partial charge is 0.123 e. The molecule has 18 heavy (non-hydrogen) atoms. The summed E-state index contributed by atoms with van der Waals surface area (Å²) in [6, 6.07) is 16.8. The number of benzene rings is 2. The molecule has 1 nitrogen and oxygen atoms in total. The number of halogens is 1. The summed E-state index contributed by atoms with van der Waals surface area (Å²) in [4.78, 5) is 0. The molecule has 1 saturated carbocycles. The molecule has 0 saturated heterocycles. The SMILES string of the molecule is N#CC1(c2cccc(-c3ccc(F)cc3)c2)CC1. The van der Waals surface area contributed by atoms with Crippen molar-refractivity contribution < 1.29 is 4.39 Å². The van der Waals surface area contributed by atoms with Crippen molar-refractivity contribution in [1.29, 1.82) is 5.26 Å². The number of nitriles is 1. The Labute approximate surface area is 106 Å². The maximum absolute atomic E-state index is 12.9. The highest BCUT2D eigenvalue weighted by molar-refractivity contribution is 5.65. The predicted octanol–water partition coefficient (Wildman–Crippen LogP) is 4.05. The Morgan fingerprint density at radius 3 is 2.33 bits per heavy atom. The summed E-state index contributed by atoms with van der Waals surface area (Å²) in [6.07, 6.45) is 1.88. The van der Waals surface area contributed by atoms with Gasteiger partial charge in [-0.25, -0.2) is 4.39 Å². The fraction of sp³-hybridized carbons (Fsp3) is 0.188. The van der Waals surface area contributed by atoms with Crippen molar-refractivity contribution >= 4 is 0 Å². The van der Waals surface area contributed by atoms with Gasteiger partial charge >= 0.3 is 0 Å². The van der Waals surface area contributed by atoms with Gasteiger partial charge < -0.3 is 0 Å². The zero-order valence-corrected chi connectivity index (χ0v) is 9.86. The van der Waals surface area contributed by atoms with Crippen LogP contribution in [0.3, 0.4) is 0 Å². The van der Waals surface area contributed by atoms with Gasteiger partial charge in [0.1, 0.15) is 5.82 Å². The van der Waals surface area contributed by atoms with Crippen molar-refractivity contribution in [3.05, 3.63) is 59.9 Å². The van der Waals surface area contributed by atoms with Crippen LogP contribution in [0, 0.1) is 17.1 Å². The summed E-state index contributed by atoms with van der Waals surface area (Å²) in [5.74, 6) is -0.231. The minimum Gasteiger partial charge on any atom is -0.207 e. The lowest BCUT2D eigenvalue weighted by atomic mass is 9.94. The number of hydrogen-bond acceptors (Lipinski definition) is 1. The number of hydrogen-bond donors (Lipinski definition) is 0. The zero-order chi connectivity index (χ0) is 12.6. The van der Waals surface area contributed by atoms with Crippen LogP contribution >= 0.6 is 0 Å². The van der Waals surface area contributed by atoms with E-state index in [2.05, 4.69) is 6.07 Å². The lowest BCUT2D eigenvalue weighted by Crippen LogP contribution is -2.02. The van der Waals surface area contributed by atoms with Crippen molar-refractivity contribution in [2.75, 3.05) is 0 Å². The van der Waals surface area contributed by atoms with Crippen LogP contribution in [0.25, 0.3) is 11.1 Å². The van der Waals surface area contributed by atoms with Crippen molar-refractivity contribution in [3.63, 3.8) is 0 Å². The second kappa shape index (κ2) is 3.96. The third kappa shape index (κ3) is 1.78. The van der Waals surface area contributed by atoms with E-state index in [-0.39, 0.29) is 11.2 Å². The average Bonchev–Trinajstić information content (AvgIpc) is 3.21. The quantitative estimate of drug-likeness (QED) is 0.773. The summed E-state index contributed by atoms with van der Waals surface area (Å²) in [5.41, 5.74) is 2.82. The van der Waals surface area contributed by atoms with Crippen LogP contribution in [0.15, 0.2) is 48.5 Å². The first-order valence-electron chi connectivity index (χ1n) is 6.01. The van der Waals surface area contributed by atoms with Gasteiger partial charge in [0.25, 0.3) is 0 Å². The van der Waals surface area contributed by atoms with E-state index in [1.54, 1.807) is 12.1 Å². The zero-order valence-electron chi connectivity index (χ0n) is 9.86. The molecule has 2 aromatic rings. The molecular formula is C16H12FN. The van der Waals surface area contributed by atoms with Crippen molar-refractivity contribution in [2.45, 2.75) is 18.3 Å². The van der Waals surface area contributed by atoms with Gasteiger partial charge in [-0.2, -0.15) is 5.26 Å². The summed E-state index contributed by atoms with van der Waals surface area (Å²) >= 11 is 0. The third-order valence-electron chi connectivity index (χ3n) is 3.56. The van der Waals surface area contributed by atoms with Gasteiger partial charge in [0.2, 0.25) is 0 Å². The molecule has 0 atom stereocenters. The molecule has 0 unspecified atom stereocenters. The van der Waals surface area contributed by atoms with E-state index in [0.29, 0.717) is 0 Å². The van der Waals surface area contributed by atoms with Crippen molar-refractivity contribution in [1.82, 2.24) is 0 Å². The summed E-state index contributed by atoms with van der Waals surface area (Å²) in [7, 11) is 0. The Morgan fingerprint density at radius 2 is 1.72 bits per heavy atom. The minimum absolute atomic E-state index is 0.231. The molecule has 0 radical (unpaired) electrons. The second-order valence-corrected chi connectivity index (χ2v) is 4.78. The Morgan fingerprint density at radius 1 is 1.00 bits per heavy atom. The van der Waals surface area contributed by atoms with Gasteiger partial charge in [0, 0.05) is 0 Å². The van der Waals surface area contributed by atoms with Crippen molar-refractivity contribution in [2.24, 2.45) is 0 Å². The Bertz CT molecular complexity index is 618. The van der Waals surface area contributed by atoms with Crippen LogP contribution < -0.4 is 0 Å². The van der Waals surface area contributed by atoms with E-state index < -0.39 is 0 Å². The van der Waals surface area contributed by atoms with E-state index in [9.17, 15) is 9.65 Å². The molecule has 0 spiro atoms. The topological polar surface area (TPSA) is 23.8 Å². The summed E-state index contributed by atoms with van der Waals surface area (Å²) < 4.78 is 12.9. The van der Waals surface area contributed by atoms with Crippen LogP contribution in [0.2, 0.25) is 0 Å². The maximum Gasteiger partial charge on any atom is 0.123 e. The molecule has 0 N–H and O–H groups in total. The molecule has 0 aliphatic heterocycles. The molecule has 2 aromatic carbocycles.